The highest BCUT2D eigenvalue weighted by Gasteiger charge is 2.13. The topological polar surface area (TPSA) is 41.1 Å². The lowest BCUT2D eigenvalue weighted by molar-refractivity contribution is -0.123. The van der Waals surface area contributed by atoms with Crippen molar-refractivity contribution in [3.63, 3.8) is 0 Å². The highest BCUT2D eigenvalue weighted by Crippen LogP contribution is 2.03. The number of amides is 1. The largest absolute Gasteiger partial charge is 0.352 e. The third-order valence-electron chi connectivity index (χ3n) is 2.04. The van der Waals surface area contributed by atoms with Crippen LogP contribution in [0.2, 0.25) is 0 Å². The number of likely N-dealkylation sites (N-methyl/N-ethyl adjacent to an activating group) is 1. The summed E-state index contributed by atoms with van der Waals surface area (Å²) in [5.41, 5.74) is 0. The van der Waals surface area contributed by atoms with E-state index in [0.29, 0.717) is 5.92 Å². The standard InChI is InChI=1S/C10H22N2O/c1-7(2)6-8(3)12-10(13)9(4)11-5/h7-9,11H,6H2,1-5H3,(H,12,13). The van der Waals surface area contributed by atoms with Crippen molar-refractivity contribution >= 4 is 5.91 Å². The lowest BCUT2D eigenvalue weighted by Gasteiger charge is -2.18. The summed E-state index contributed by atoms with van der Waals surface area (Å²) in [7, 11) is 1.79. The van der Waals surface area contributed by atoms with Crippen LogP contribution in [0.1, 0.15) is 34.1 Å². The minimum absolute atomic E-state index is 0.0793. The molecule has 0 saturated heterocycles. The molecule has 0 aliphatic rings. The molecule has 2 N–H and O–H groups in total. The maximum Gasteiger partial charge on any atom is 0.237 e. The molecular weight excluding hydrogens is 164 g/mol. The summed E-state index contributed by atoms with van der Waals surface area (Å²) in [5.74, 6) is 0.704. The molecule has 2 unspecified atom stereocenters. The zero-order chi connectivity index (χ0) is 10.4. The van der Waals surface area contributed by atoms with E-state index in [0.717, 1.165) is 6.42 Å². The smallest absolute Gasteiger partial charge is 0.237 e. The SMILES string of the molecule is CNC(C)C(=O)NC(C)CC(C)C. The lowest BCUT2D eigenvalue weighted by atomic mass is 10.1. The molecule has 1 amide bonds. The Morgan fingerprint density at radius 1 is 1.23 bits per heavy atom. The van der Waals surface area contributed by atoms with Crippen LogP contribution in [0.4, 0.5) is 0 Å². The van der Waals surface area contributed by atoms with Crippen LogP contribution < -0.4 is 10.6 Å². The Labute approximate surface area is 81.3 Å². The molecule has 0 rings (SSSR count). The molecule has 0 aromatic carbocycles. The predicted molar refractivity (Wildman–Crippen MR) is 55.6 cm³/mol. The van der Waals surface area contributed by atoms with E-state index in [-0.39, 0.29) is 18.0 Å². The van der Waals surface area contributed by atoms with E-state index in [1.807, 2.05) is 13.8 Å². The number of hydrogen-bond donors (Lipinski definition) is 2. The van der Waals surface area contributed by atoms with E-state index in [2.05, 4.69) is 24.5 Å². The van der Waals surface area contributed by atoms with E-state index in [4.69, 9.17) is 0 Å². The molecule has 0 spiro atoms. The molecule has 0 bridgehead atoms. The van der Waals surface area contributed by atoms with Gasteiger partial charge in [0, 0.05) is 6.04 Å². The summed E-state index contributed by atoms with van der Waals surface area (Å²) < 4.78 is 0. The minimum Gasteiger partial charge on any atom is -0.352 e. The second-order valence-electron chi connectivity index (χ2n) is 4.05. The highest BCUT2D eigenvalue weighted by atomic mass is 16.2. The van der Waals surface area contributed by atoms with E-state index in [9.17, 15) is 4.79 Å². The van der Waals surface area contributed by atoms with Crippen LogP contribution >= 0.6 is 0 Å². The van der Waals surface area contributed by atoms with Crippen LogP contribution in [0.15, 0.2) is 0 Å². The fourth-order valence-corrected chi connectivity index (χ4v) is 1.26. The van der Waals surface area contributed by atoms with Crippen molar-refractivity contribution in [2.24, 2.45) is 5.92 Å². The van der Waals surface area contributed by atoms with Crippen molar-refractivity contribution in [1.29, 1.82) is 0 Å². The first-order valence-electron chi connectivity index (χ1n) is 4.95. The second-order valence-corrected chi connectivity index (χ2v) is 4.05. The number of hydrogen-bond acceptors (Lipinski definition) is 2. The maximum atomic E-state index is 11.4. The summed E-state index contributed by atoms with van der Waals surface area (Å²) in [4.78, 5) is 11.4. The number of nitrogens with one attached hydrogen (secondary N) is 2. The summed E-state index contributed by atoms with van der Waals surface area (Å²) in [6.45, 7) is 8.21. The van der Waals surface area contributed by atoms with Gasteiger partial charge in [-0.2, -0.15) is 0 Å². The molecule has 0 heterocycles. The summed E-state index contributed by atoms with van der Waals surface area (Å²) >= 11 is 0. The minimum atomic E-state index is -0.102. The van der Waals surface area contributed by atoms with Gasteiger partial charge in [0.25, 0.3) is 0 Å². The quantitative estimate of drug-likeness (QED) is 0.676. The molecule has 78 valence electrons. The molecule has 13 heavy (non-hydrogen) atoms. The van der Waals surface area contributed by atoms with Gasteiger partial charge in [0.05, 0.1) is 6.04 Å². The Hall–Kier alpha value is -0.570. The van der Waals surface area contributed by atoms with Crippen molar-refractivity contribution in [2.45, 2.75) is 46.2 Å². The predicted octanol–water partition coefficient (Wildman–Crippen LogP) is 1.15. The van der Waals surface area contributed by atoms with Crippen molar-refractivity contribution in [3.05, 3.63) is 0 Å². The van der Waals surface area contributed by atoms with Gasteiger partial charge in [-0.25, -0.2) is 0 Å². The second kappa shape index (κ2) is 5.97. The number of carbonyl (C=O) groups excluding carboxylic acids is 1. The van der Waals surface area contributed by atoms with Crippen LogP contribution in [0, 0.1) is 5.92 Å². The number of rotatable bonds is 5. The molecule has 0 aromatic rings. The van der Waals surface area contributed by atoms with E-state index in [1.165, 1.54) is 0 Å². The van der Waals surface area contributed by atoms with Crippen LogP contribution in [0.25, 0.3) is 0 Å². The van der Waals surface area contributed by atoms with Gasteiger partial charge in [-0.05, 0) is 33.2 Å². The third kappa shape index (κ3) is 5.64. The first-order chi connectivity index (χ1) is 5.97. The first-order valence-corrected chi connectivity index (χ1v) is 4.95. The normalized spacial score (nSPS) is 15.5. The monoisotopic (exact) mass is 186 g/mol. The van der Waals surface area contributed by atoms with Gasteiger partial charge in [-0.3, -0.25) is 4.79 Å². The Morgan fingerprint density at radius 3 is 2.15 bits per heavy atom. The van der Waals surface area contributed by atoms with Crippen LogP contribution in [0.5, 0.6) is 0 Å². The van der Waals surface area contributed by atoms with Crippen molar-refractivity contribution in [1.82, 2.24) is 10.6 Å². The van der Waals surface area contributed by atoms with Crippen LogP contribution in [-0.4, -0.2) is 25.0 Å². The fourth-order valence-electron chi connectivity index (χ4n) is 1.26. The average molecular weight is 186 g/mol. The van der Waals surface area contributed by atoms with E-state index in [1.54, 1.807) is 7.05 Å². The van der Waals surface area contributed by atoms with Gasteiger partial charge in [0.2, 0.25) is 5.91 Å². The zero-order valence-electron chi connectivity index (χ0n) is 9.35. The van der Waals surface area contributed by atoms with Crippen molar-refractivity contribution in [3.8, 4) is 0 Å². The first kappa shape index (κ1) is 12.4. The average Bonchev–Trinajstić information content (AvgIpc) is 2.01. The molecule has 0 fully saturated rings. The summed E-state index contributed by atoms with van der Waals surface area (Å²) in [6, 6.07) is 0.165. The third-order valence-corrected chi connectivity index (χ3v) is 2.04. The van der Waals surface area contributed by atoms with E-state index < -0.39 is 0 Å². The molecule has 0 saturated carbocycles. The summed E-state index contributed by atoms with van der Waals surface area (Å²) in [6.07, 6.45) is 1.03. The molecule has 0 aliphatic carbocycles. The molecule has 0 aromatic heterocycles. The Kier molecular flexibility index (Phi) is 5.71. The van der Waals surface area contributed by atoms with Crippen LogP contribution in [-0.2, 0) is 4.79 Å². The van der Waals surface area contributed by atoms with Gasteiger partial charge < -0.3 is 10.6 Å². The lowest BCUT2D eigenvalue weighted by Crippen LogP contribution is -2.44. The molecule has 0 aliphatic heterocycles. The molecule has 3 nitrogen and oxygen atoms in total. The Balaban J connectivity index is 3.77. The van der Waals surface area contributed by atoms with Gasteiger partial charge >= 0.3 is 0 Å². The van der Waals surface area contributed by atoms with Gasteiger partial charge in [0.15, 0.2) is 0 Å². The number of carbonyl (C=O) groups is 1. The van der Waals surface area contributed by atoms with E-state index >= 15 is 0 Å². The molecule has 2 atom stereocenters. The molecule has 3 heteroatoms. The summed E-state index contributed by atoms with van der Waals surface area (Å²) in [5, 5.41) is 5.87. The zero-order valence-corrected chi connectivity index (χ0v) is 9.35. The van der Waals surface area contributed by atoms with Gasteiger partial charge in [-0.1, -0.05) is 13.8 Å². The van der Waals surface area contributed by atoms with Gasteiger partial charge in [-0.15, -0.1) is 0 Å². The van der Waals surface area contributed by atoms with Crippen molar-refractivity contribution in [2.75, 3.05) is 7.05 Å². The van der Waals surface area contributed by atoms with Gasteiger partial charge in [0.1, 0.15) is 0 Å². The Morgan fingerprint density at radius 2 is 1.77 bits per heavy atom. The van der Waals surface area contributed by atoms with Crippen LogP contribution in [0.3, 0.4) is 0 Å². The maximum absolute atomic E-state index is 11.4. The Bertz CT molecular complexity index is 157. The fraction of sp³-hybridized carbons (Fsp3) is 0.900. The van der Waals surface area contributed by atoms with Crippen molar-refractivity contribution < 1.29 is 4.79 Å². The molecular formula is C10H22N2O. The highest BCUT2D eigenvalue weighted by molar-refractivity contribution is 5.81. The molecule has 0 radical (unpaired) electrons.